The van der Waals surface area contributed by atoms with Crippen molar-refractivity contribution in [3.05, 3.63) is 58.2 Å². The van der Waals surface area contributed by atoms with E-state index in [1.54, 1.807) is 30.6 Å². The molecule has 0 spiro atoms. The molecule has 1 N–H and O–H groups in total. The fourth-order valence-corrected chi connectivity index (χ4v) is 3.68. The van der Waals surface area contributed by atoms with Crippen molar-refractivity contribution in [2.75, 3.05) is 0 Å². The van der Waals surface area contributed by atoms with E-state index in [9.17, 15) is 9.18 Å². The Hall–Kier alpha value is -2.22. The van der Waals surface area contributed by atoms with Gasteiger partial charge in [-0.2, -0.15) is 0 Å². The number of aromatic nitrogens is 1. The molecule has 1 aliphatic rings. The van der Waals surface area contributed by atoms with Gasteiger partial charge in [-0.25, -0.2) is 4.39 Å². The van der Waals surface area contributed by atoms with Crippen molar-refractivity contribution >= 4 is 62.9 Å². The zero-order valence-electron chi connectivity index (χ0n) is 12.4. The summed E-state index contributed by atoms with van der Waals surface area (Å²) in [4.78, 5) is 16.4. The summed E-state index contributed by atoms with van der Waals surface area (Å²) in [6.45, 7) is 0. The third kappa shape index (κ3) is 3.06. The molecule has 1 aliphatic heterocycles. The van der Waals surface area contributed by atoms with E-state index >= 15 is 0 Å². The highest BCUT2D eigenvalue weighted by atomic mass is 35.5. The monoisotopic (exact) mass is 390 g/mol. The van der Waals surface area contributed by atoms with Crippen molar-refractivity contribution in [1.82, 2.24) is 10.3 Å². The van der Waals surface area contributed by atoms with Crippen molar-refractivity contribution < 1.29 is 13.6 Å². The maximum absolute atomic E-state index is 13.4. The lowest BCUT2D eigenvalue weighted by Crippen LogP contribution is -2.17. The molecule has 0 saturated carbocycles. The largest absolute Gasteiger partial charge is 0.456 e. The van der Waals surface area contributed by atoms with Crippen molar-refractivity contribution in [2.45, 2.75) is 0 Å². The standard InChI is InChI=1S/C17H8ClFN2O2S2/c18-12-4-8(1-2-13(12)19)11-7-20-6-9-3-10(23-15(9)11)5-14-16(22)21-17(24)25-14/h1-7H,(H,21,22,24)/b14-5+. The van der Waals surface area contributed by atoms with Crippen LogP contribution in [0.2, 0.25) is 5.02 Å². The average Bonchev–Trinajstić information content (AvgIpc) is 3.12. The lowest BCUT2D eigenvalue weighted by molar-refractivity contribution is -0.115. The summed E-state index contributed by atoms with van der Waals surface area (Å²) in [5.74, 6) is -0.241. The van der Waals surface area contributed by atoms with E-state index in [-0.39, 0.29) is 10.9 Å². The highest BCUT2D eigenvalue weighted by Crippen LogP contribution is 2.34. The molecular weight excluding hydrogens is 383 g/mol. The van der Waals surface area contributed by atoms with Crippen LogP contribution in [0.25, 0.3) is 28.2 Å². The number of fused-ring (bicyclic) bond motifs is 1. The Morgan fingerprint density at radius 3 is 2.88 bits per heavy atom. The Morgan fingerprint density at radius 1 is 1.32 bits per heavy atom. The number of thioether (sulfide) groups is 1. The lowest BCUT2D eigenvalue weighted by Gasteiger charge is -2.03. The highest BCUT2D eigenvalue weighted by molar-refractivity contribution is 8.26. The number of nitrogens with zero attached hydrogens (tertiary/aromatic N) is 1. The smallest absolute Gasteiger partial charge is 0.263 e. The van der Waals surface area contributed by atoms with Crippen LogP contribution < -0.4 is 5.32 Å². The molecule has 0 atom stereocenters. The van der Waals surface area contributed by atoms with Gasteiger partial charge >= 0.3 is 0 Å². The van der Waals surface area contributed by atoms with Gasteiger partial charge in [0.1, 0.15) is 21.5 Å². The summed E-state index contributed by atoms with van der Waals surface area (Å²) >= 11 is 12.0. The molecular formula is C17H8ClFN2O2S2. The molecule has 3 aromatic rings. The first-order chi connectivity index (χ1) is 12.0. The van der Waals surface area contributed by atoms with Crippen LogP contribution in [0.15, 0.2) is 46.0 Å². The summed E-state index contributed by atoms with van der Waals surface area (Å²) in [5, 5.41) is 3.34. The van der Waals surface area contributed by atoms with Crippen molar-refractivity contribution in [2.24, 2.45) is 0 Å². The summed E-state index contributed by atoms with van der Waals surface area (Å²) in [7, 11) is 0. The van der Waals surface area contributed by atoms with Crippen molar-refractivity contribution in [3.63, 3.8) is 0 Å². The molecule has 25 heavy (non-hydrogen) atoms. The average molecular weight is 391 g/mol. The molecule has 0 radical (unpaired) electrons. The fraction of sp³-hybridized carbons (Fsp3) is 0. The Labute approximate surface area is 156 Å². The predicted molar refractivity (Wildman–Crippen MR) is 101 cm³/mol. The Bertz CT molecular complexity index is 1080. The van der Waals surface area contributed by atoms with E-state index in [2.05, 4.69) is 10.3 Å². The van der Waals surface area contributed by atoms with Gasteiger partial charge in [0.15, 0.2) is 0 Å². The second-order valence-electron chi connectivity index (χ2n) is 5.24. The Kier molecular flexibility index (Phi) is 4.07. The van der Waals surface area contributed by atoms with Gasteiger partial charge in [0, 0.05) is 29.4 Å². The Morgan fingerprint density at radius 2 is 2.16 bits per heavy atom. The summed E-state index contributed by atoms with van der Waals surface area (Å²) in [6.07, 6.45) is 4.90. The number of halogens is 2. The number of carbonyl (C=O) groups is 1. The summed E-state index contributed by atoms with van der Waals surface area (Å²) in [5.41, 5.74) is 1.95. The normalized spacial score (nSPS) is 16.0. The number of rotatable bonds is 2. The van der Waals surface area contributed by atoms with Crippen LogP contribution in [0, 0.1) is 5.82 Å². The molecule has 124 valence electrons. The second kappa shape index (κ2) is 6.25. The number of thiocarbonyl (C=S) groups is 1. The van der Waals surface area contributed by atoms with E-state index in [4.69, 9.17) is 28.2 Å². The number of hydrogen-bond acceptors (Lipinski definition) is 5. The first kappa shape index (κ1) is 16.3. The van der Waals surface area contributed by atoms with Gasteiger partial charge in [0.25, 0.3) is 5.91 Å². The van der Waals surface area contributed by atoms with E-state index in [1.165, 1.54) is 23.9 Å². The zero-order chi connectivity index (χ0) is 17.6. The molecule has 2 aromatic heterocycles. The predicted octanol–water partition coefficient (Wildman–Crippen LogP) is 4.78. The first-order valence-electron chi connectivity index (χ1n) is 7.09. The third-order valence-corrected chi connectivity index (χ3v) is 5.04. The van der Waals surface area contributed by atoms with Crippen LogP contribution in [0.1, 0.15) is 5.76 Å². The zero-order valence-corrected chi connectivity index (χ0v) is 14.8. The van der Waals surface area contributed by atoms with Crippen molar-refractivity contribution in [3.8, 4) is 11.1 Å². The summed E-state index contributed by atoms with van der Waals surface area (Å²) in [6, 6.07) is 6.20. The minimum Gasteiger partial charge on any atom is -0.456 e. The molecule has 1 fully saturated rings. The molecule has 1 saturated heterocycles. The van der Waals surface area contributed by atoms with Crippen molar-refractivity contribution in [1.29, 1.82) is 0 Å². The highest BCUT2D eigenvalue weighted by Gasteiger charge is 2.23. The fourth-order valence-electron chi connectivity index (χ4n) is 2.47. The van der Waals surface area contributed by atoms with Crippen LogP contribution in [0.3, 0.4) is 0 Å². The van der Waals surface area contributed by atoms with Crippen LogP contribution in [-0.2, 0) is 4.79 Å². The number of benzene rings is 1. The van der Waals surface area contributed by atoms with E-state index in [0.717, 1.165) is 5.39 Å². The number of pyridine rings is 1. The molecule has 0 aliphatic carbocycles. The quantitative estimate of drug-likeness (QED) is 0.504. The summed E-state index contributed by atoms with van der Waals surface area (Å²) < 4.78 is 19.7. The van der Waals surface area contributed by atoms with Gasteiger partial charge in [-0.3, -0.25) is 9.78 Å². The van der Waals surface area contributed by atoms with Gasteiger partial charge in [0.2, 0.25) is 0 Å². The molecule has 4 nitrogen and oxygen atoms in total. The number of furan rings is 1. The van der Waals surface area contributed by atoms with Gasteiger partial charge in [-0.05, 0) is 23.8 Å². The topological polar surface area (TPSA) is 55.1 Å². The SMILES string of the molecule is O=C1NC(=S)S/C1=C/c1cc2cncc(-c3ccc(F)c(Cl)c3)c2o1. The Balaban J connectivity index is 1.81. The molecule has 1 aromatic carbocycles. The van der Waals surface area contributed by atoms with Gasteiger partial charge in [-0.1, -0.05) is 41.6 Å². The number of carbonyl (C=O) groups excluding carboxylic acids is 1. The third-order valence-electron chi connectivity index (χ3n) is 3.59. The molecule has 0 bridgehead atoms. The van der Waals surface area contributed by atoms with Crippen LogP contribution in [-0.4, -0.2) is 15.2 Å². The minimum atomic E-state index is -0.490. The maximum atomic E-state index is 13.4. The number of hydrogen-bond donors (Lipinski definition) is 1. The maximum Gasteiger partial charge on any atom is 0.263 e. The van der Waals surface area contributed by atoms with Gasteiger partial charge < -0.3 is 9.73 Å². The van der Waals surface area contributed by atoms with E-state index < -0.39 is 5.82 Å². The van der Waals surface area contributed by atoms with Gasteiger partial charge in [0.05, 0.1) is 9.93 Å². The first-order valence-corrected chi connectivity index (χ1v) is 8.69. The van der Waals surface area contributed by atoms with E-state index in [0.29, 0.717) is 31.7 Å². The van der Waals surface area contributed by atoms with Gasteiger partial charge in [-0.15, -0.1) is 0 Å². The number of amides is 1. The van der Waals surface area contributed by atoms with Crippen LogP contribution in [0.4, 0.5) is 4.39 Å². The minimum absolute atomic E-state index is 0.0240. The molecule has 8 heteroatoms. The molecule has 4 rings (SSSR count). The molecule has 0 unspecified atom stereocenters. The molecule has 3 heterocycles. The second-order valence-corrected chi connectivity index (χ2v) is 7.36. The van der Waals surface area contributed by atoms with E-state index in [1.807, 2.05) is 0 Å². The lowest BCUT2D eigenvalue weighted by atomic mass is 10.1. The van der Waals surface area contributed by atoms with Crippen LogP contribution in [0.5, 0.6) is 0 Å². The number of nitrogens with one attached hydrogen (secondary N) is 1. The van der Waals surface area contributed by atoms with Crippen LogP contribution >= 0.6 is 35.6 Å². The molecule has 1 amide bonds.